The number of allylic oxidation sites excluding steroid dienone is 1. The van der Waals surface area contributed by atoms with E-state index in [0.717, 1.165) is 21.5 Å². The molecule has 0 bridgehead atoms. The number of benzene rings is 2. The van der Waals surface area contributed by atoms with Gasteiger partial charge in [0.2, 0.25) is 0 Å². The third-order valence-electron chi connectivity index (χ3n) is 5.61. The van der Waals surface area contributed by atoms with Crippen molar-refractivity contribution in [1.82, 2.24) is 0 Å². The highest BCUT2D eigenvalue weighted by Gasteiger charge is 2.49. The Kier molecular flexibility index (Phi) is 6.48. The Morgan fingerprint density at radius 1 is 1.10 bits per heavy atom. The van der Waals surface area contributed by atoms with E-state index in [1.807, 2.05) is 48.5 Å². The smallest absolute Gasteiger partial charge is 0.158 e. The molecular formula is C24H26BrNO4. The largest absolute Gasteiger partial charge is 0.497 e. The van der Waals surface area contributed by atoms with Crippen molar-refractivity contribution in [2.24, 2.45) is 5.92 Å². The van der Waals surface area contributed by atoms with Gasteiger partial charge in [-0.1, -0.05) is 28.1 Å². The van der Waals surface area contributed by atoms with Gasteiger partial charge < -0.3 is 15.2 Å². The van der Waals surface area contributed by atoms with Gasteiger partial charge in [0, 0.05) is 33.8 Å². The van der Waals surface area contributed by atoms with Crippen LogP contribution in [-0.2, 0) is 9.59 Å². The number of ether oxygens (including phenoxy) is 1. The summed E-state index contributed by atoms with van der Waals surface area (Å²) in [6.45, 7) is 4.65. The molecule has 158 valence electrons. The highest BCUT2D eigenvalue weighted by molar-refractivity contribution is 9.10. The summed E-state index contributed by atoms with van der Waals surface area (Å²) in [5, 5.41) is 14.6. The molecule has 0 saturated heterocycles. The minimum Gasteiger partial charge on any atom is -0.497 e. The molecular weight excluding hydrogens is 446 g/mol. The number of hydrogen-bond donors (Lipinski definition) is 2. The minimum absolute atomic E-state index is 0.124. The molecule has 0 saturated carbocycles. The van der Waals surface area contributed by atoms with Crippen molar-refractivity contribution in [3.05, 3.63) is 69.8 Å². The molecule has 2 N–H and O–H groups in total. The number of ketones is 2. The fraction of sp³-hybridized carbons (Fsp3) is 0.333. The van der Waals surface area contributed by atoms with Gasteiger partial charge in [-0.15, -0.1) is 0 Å². The van der Waals surface area contributed by atoms with Crippen LogP contribution in [0.15, 0.2) is 64.3 Å². The molecule has 0 aliphatic heterocycles. The Balaban J connectivity index is 2.16. The summed E-state index contributed by atoms with van der Waals surface area (Å²) in [5.41, 5.74) is 1.44. The number of anilines is 1. The summed E-state index contributed by atoms with van der Waals surface area (Å²) < 4.78 is 6.10. The topological polar surface area (TPSA) is 75.6 Å². The van der Waals surface area contributed by atoms with E-state index < -0.39 is 17.4 Å². The average Bonchev–Trinajstić information content (AvgIpc) is 2.67. The van der Waals surface area contributed by atoms with E-state index in [1.165, 1.54) is 13.8 Å². The van der Waals surface area contributed by atoms with Gasteiger partial charge in [-0.05, 0) is 62.7 Å². The molecule has 6 heteroatoms. The molecule has 2 aromatic carbocycles. The molecule has 0 spiro atoms. The van der Waals surface area contributed by atoms with E-state index in [9.17, 15) is 14.7 Å². The minimum atomic E-state index is -1.31. The Bertz CT molecular complexity index is 977. The molecule has 1 aliphatic carbocycles. The van der Waals surface area contributed by atoms with Gasteiger partial charge in [0.1, 0.15) is 11.5 Å². The van der Waals surface area contributed by atoms with Gasteiger partial charge in [-0.3, -0.25) is 9.59 Å². The monoisotopic (exact) mass is 471 g/mol. The highest BCUT2D eigenvalue weighted by atomic mass is 79.9. The second-order valence-electron chi connectivity index (χ2n) is 7.95. The second kappa shape index (κ2) is 8.74. The van der Waals surface area contributed by atoms with E-state index in [0.29, 0.717) is 11.3 Å². The molecule has 0 amide bonds. The van der Waals surface area contributed by atoms with Crippen molar-refractivity contribution < 1.29 is 19.4 Å². The maximum atomic E-state index is 12.8. The van der Waals surface area contributed by atoms with Crippen LogP contribution in [0, 0.1) is 5.92 Å². The Hall–Kier alpha value is -2.44. The van der Waals surface area contributed by atoms with E-state index in [-0.39, 0.29) is 18.0 Å². The highest BCUT2D eigenvalue weighted by Crippen LogP contribution is 2.47. The first-order valence-electron chi connectivity index (χ1n) is 9.77. The van der Waals surface area contributed by atoms with Crippen molar-refractivity contribution >= 4 is 33.2 Å². The van der Waals surface area contributed by atoms with E-state index in [4.69, 9.17) is 4.74 Å². The number of carbonyl (C=O) groups excluding carboxylic acids is 2. The average molecular weight is 472 g/mol. The molecule has 2 aromatic rings. The molecule has 5 nitrogen and oxygen atoms in total. The molecule has 3 rings (SSSR count). The molecule has 30 heavy (non-hydrogen) atoms. The predicted octanol–water partition coefficient (Wildman–Crippen LogP) is 4.86. The van der Waals surface area contributed by atoms with Crippen LogP contribution in [-0.4, -0.2) is 29.4 Å². The third-order valence-corrected chi connectivity index (χ3v) is 6.13. The second-order valence-corrected chi connectivity index (χ2v) is 8.87. The zero-order valence-electron chi connectivity index (χ0n) is 17.5. The van der Waals surface area contributed by atoms with Gasteiger partial charge in [-0.25, -0.2) is 0 Å². The lowest BCUT2D eigenvalue weighted by atomic mass is 9.64. The van der Waals surface area contributed by atoms with Crippen LogP contribution in [0.5, 0.6) is 5.75 Å². The molecule has 0 radical (unpaired) electrons. The SMILES string of the molecule is COc1ccc(NC2=C(C(C)=O)[C@H](c3ccc(Br)cc3)[C@@H](C(C)=O)[C@](C)(O)C2)cc1. The standard InChI is InChI=1S/C24H26BrNO4/c1-14(27)21-20(26-18-9-11-19(30-4)12-10-18)13-24(3,29)23(15(2)28)22(21)16-5-7-17(25)8-6-16/h5-12,22-23,26,29H,13H2,1-4H3/t22-,23+,24+/m0/s1. The van der Waals surface area contributed by atoms with Crippen LogP contribution in [0.4, 0.5) is 5.69 Å². The maximum Gasteiger partial charge on any atom is 0.158 e. The quantitative estimate of drug-likeness (QED) is 0.629. The number of halogens is 1. The zero-order valence-corrected chi connectivity index (χ0v) is 19.1. The maximum absolute atomic E-state index is 12.8. The van der Waals surface area contributed by atoms with Crippen molar-refractivity contribution in [2.45, 2.75) is 38.7 Å². The lowest BCUT2D eigenvalue weighted by molar-refractivity contribution is -0.131. The van der Waals surface area contributed by atoms with Crippen LogP contribution in [0.1, 0.15) is 38.7 Å². The van der Waals surface area contributed by atoms with Crippen molar-refractivity contribution in [3.8, 4) is 5.75 Å². The van der Waals surface area contributed by atoms with Gasteiger partial charge >= 0.3 is 0 Å². The molecule has 0 fully saturated rings. The predicted molar refractivity (Wildman–Crippen MR) is 121 cm³/mol. The van der Waals surface area contributed by atoms with Gasteiger partial charge in [0.25, 0.3) is 0 Å². The Labute approximate surface area is 185 Å². The van der Waals surface area contributed by atoms with E-state index >= 15 is 0 Å². The summed E-state index contributed by atoms with van der Waals surface area (Å²) in [6.07, 6.45) is 0.172. The summed E-state index contributed by atoms with van der Waals surface area (Å²) in [6, 6.07) is 14.9. The van der Waals surface area contributed by atoms with Gasteiger partial charge in [0.05, 0.1) is 18.6 Å². The lowest BCUT2D eigenvalue weighted by Gasteiger charge is -2.43. The molecule has 3 atom stereocenters. The van der Waals surface area contributed by atoms with E-state index in [2.05, 4.69) is 21.2 Å². The number of aliphatic hydroxyl groups is 1. The number of methoxy groups -OCH3 is 1. The third kappa shape index (κ3) is 4.50. The van der Waals surface area contributed by atoms with Crippen LogP contribution >= 0.6 is 15.9 Å². The summed E-state index contributed by atoms with van der Waals surface area (Å²) in [5.74, 6) is -0.811. The summed E-state index contributed by atoms with van der Waals surface area (Å²) in [7, 11) is 1.60. The van der Waals surface area contributed by atoms with E-state index in [1.54, 1.807) is 14.0 Å². The first-order chi connectivity index (χ1) is 14.1. The Morgan fingerprint density at radius 2 is 1.70 bits per heavy atom. The van der Waals surface area contributed by atoms with Crippen LogP contribution < -0.4 is 10.1 Å². The Morgan fingerprint density at radius 3 is 2.20 bits per heavy atom. The first-order valence-corrected chi connectivity index (χ1v) is 10.6. The summed E-state index contributed by atoms with van der Waals surface area (Å²) in [4.78, 5) is 25.4. The normalized spacial score (nSPS) is 23.8. The van der Waals surface area contributed by atoms with Crippen molar-refractivity contribution in [3.63, 3.8) is 0 Å². The first kappa shape index (κ1) is 22.2. The molecule has 0 heterocycles. The van der Waals surface area contributed by atoms with Crippen LogP contribution in [0.25, 0.3) is 0 Å². The number of Topliss-reactive ketones (excluding diaryl/α,β-unsaturated/α-hetero) is 2. The molecule has 0 unspecified atom stereocenters. The number of nitrogens with one attached hydrogen (secondary N) is 1. The number of rotatable bonds is 6. The van der Waals surface area contributed by atoms with Gasteiger partial charge in [-0.2, -0.15) is 0 Å². The summed E-state index contributed by atoms with van der Waals surface area (Å²) >= 11 is 3.43. The fourth-order valence-electron chi connectivity index (χ4n) is 4.37. The van der Waals surface area contributed by atoms with Gasteiger partial charge in [0.15, 0.2) is 5.78 Å². The van der Waals surface area contributed by atoms with Crippen LogP contribution in [0.3, 0.4) is 0 Å². The zero-order chi connectivity index (χ0) is 22.1. The van der Waals surface area contributed by atoms with Crippen molar-refractivity contribution in [1.29, 1.82) is 0 Å². The lowest BCUT2D eigenvalue weighted by Crippen LogP contribution is -2.48. The number of carbonyl (C=O) groups is 2. The van der Waals surface area contributed by atoms with Crippen LogP contribution in [0.2, 0.25) is 0 Å². The molecule has 1 aliphatic rings. The van der Waals surface area contributed by atoms with Crippen molar-refractivity contribution in [2.75, 3.05) is 12.4 Å². The fourth-order valence-corrected chi connectivity index (χ4v) is 4.63. The number of hydrogen-bond acceptors (Lipinski definition) is 5. The molecule has 0 aromatic heterocycles.